The predicted molar refractivity (Wildman–Crippen MR) is 92.1 cm³/mol. The van der Waals surface area contributed by atoms with E-state index in [2.05, 4.69) is 21.2 Å². The van der Waals surface area contributed by atoms with Crippen LogP contribution in [0.5, 0.6) is 5.75 Å². The van der Waals surface area contributed by atoms with E-state index in [0.29, 0.717) is 5.56 Å². The van der Waals surface area contributed by atoms with Crippen LogP contribution < -0.4 is 4.74 Å². The fraction of sp³-hybridized carbons (Fsp3) is 0.474. The second-order valence-electron chi connectivity index (χ2n) is 6.78. The summed E-state index contributed by atoms with van der Waals surface area (Å²) in [5.74, 6) is 0.837. The third-order valence-corrected chi connectivity index (χ3v) is 5.39. The zero-order chi connectivity index (χ0) is 17.3. The molecule has 6 nitrogen and oxygen atoms in total. The Morgan fingerprint density at radius 3 is 3.00 bits per heavy atom. The van der Waals surface area contributed by atoms with Gasteiger partial charge in [-0.05, 0) is 43.0 Å². The minimum absolute atomic E-state index is 0.209. The molecular formula is C19H22N4O2. The topological polar surface area (TPSA) is 74.2 Å². The van der Waals surface area contributed by atoms with Crippen LogP contribution >= 0.6 is 0 Å². The fourth-order valence-electron chi connectivity index (χ4n) is 4.00. The standard InChI is InChI=1S/C19H22N4O2/c1-24-17-3-2-14(11-20)10-16(17)13-23-7-5-19(6-8-23)18-15(4-9-25-19)12-21-22-18/h2-3,10,12H,4-9,13H2,1H3,(H,21,22). The van der Waals surface area contributed by atoms with E-state index in [-0.39, 0.29) is 5.60 Å². The van der Waals surface area contributed by atoms with Gasteiger partial charge < -0.3 is 9.47 Å². The van der Waals surface area contributed by atoms with Crippen LogP contribution in [0.25, 0.3) is 0 Å². The molecule has 1 spiro atoms. The van der Waals surface area contributed by atoms with Gasteiger partial charge in [-0.3, -0.25) is 10.00 Å². The average Bonchev–Trinajstić information content (AvgIpc) is 3.14. The van der Waals surface area contributed by atoms with Crippen LogP contribution in [0.15, 0.2) is 24.4 Å². The lowest BCUT2D eigenvalue weighted by Crippen LogP contribution is -2.46. The maximum absolute atomic E-state index is 9.14. The van der Waals surface area contributed by atoms with Crippen molar-refractivity contribution in [2.24, 2.45) is 0 Å². The molecule has 0 atom stereocenters. The average molecular weight is 338 g/mol. The number of nitriles is 1. The van der Waals surface area contributed by atoms with Crippen LogP contribution in [-0.4, -0.2) is 41.9 Å². The molecule has 1 aromatic carbocycles. The van der Waals surface area contributed by atoms with Gasteiger partial charge in [0.05, 0.1) is 37.2 Å². The van der Waals surface area contributed by atoms with Gasteiger partial charge >= 0.3 is 0 Å². The molecule has 2 aromatic rings. The lowest BCUT2D eigenvalue weighted by atomic mass is 9.83. The van der Waals surface area contributed by atoms with Crippen molar-refractivity contribution >= 4 is 0 Å². The molecule has 1 saturated heterocycles. The molecular weight excluding hydrogens is 316 g/mol. The highest BCUT2D eigenvalue weighted by atomic mass is 16.5. The van der Waals surface area contributed by atoms with Crippen molar-refractivity contribution in [2.45, 2.75) is 31.4 Å². The number of aromatic nitrogens is 2. The Bertz CT molecular complexity index is 800. The summed E-state index contributed by atoms with van der Waals surface area (Å²) < 4.78 is 11.7. The van der Waals surface area contributed by atoms with E-state index in [0.717, 1.165) is 56.8 Å². The van der Waals surface area contributed by atoms with Gasteiger partial charge in [0.25, 0.3) is 0 Å². The van der Waals surface area contributed by atoms with Gasteiger partial charge in [-0.25, -0.2) is 0 Å². The largest absolute Gasteiger partial charge is 0.496 e. The quantitative estimate of drug-likeness (QED) is 0.930. The van der Waals surface area contributed by atoms with E-state index in [1.54, 1.807) is 13.2 Å². The number of nitrogens with zero attached hydrogens (tertiary/aromatic N) is 3. The summed E-state index contributed by atoms with van der Waals surface area (Å²) in [5.41, 5.74) is 3.98. The van der Waals surface area contributed by atoms with Crippen LogP contribution in [0.3, 0.4) is 0 Å². The van der Waals surface area contributed by atoms with Crippen molar-refractivity contribution in [3.63, 3.8) is 0 Å². The van der Waals surface area contributed by atoms with Crippen LogP contribution in [0.1, 0.15) is 35.2 Å². The summed E-state index contributed by atoms with van der Waals surface area (Å²) >= 11 is 0. The minimum atomic E-state index is -0.209. The molecule has 2 aliphatic rings. The number of piperidine rings is 1. The third kappa shape index (κ3) is 2.90. The zero-order valence-electron chi connectivity index (χ0n) is 14.4. The molecule has 0 amide bonds. The zero-order valence-corrected chi connectivity index (χ0v) is 14.4. The van der Waals surface area contributed by atoms with E-state index in [9.17, 15) is 0 Å². The van der Waals surface area contributed by atoms with Crippen molar-refractivity contribution in [3.05, 3.63) is 46.8 Å². The van der Waals surface area contributed by atoms with E-state index < -0.39 is 0 Å². The van der Waals surface area contributed by atoms with Crippen molar-refractivity contribution in [1.82, 2.24) is 15.1 Å². The number of fused-ring (bicyclic) bond motifs is 2. The smallest absolute Gasteiger partial charge is 0.123 e. The number of likely N-dealkylation sites (tertiary alicyclic amines) is 1. The molecule has 130 valence electrons. The summed E-state index contributed by atoms with van der Waals surface area (Å²) in [4.78, 5) is 2.40. The Kier molecular flexibility index (Phi) is 4.20. The van der Waals surface area contributed by atoms with Crippen LogP contribution in [0.2, 0.25) is 0 Å². The Morgan fingerprint density at radius 1 is 1.40 bits per heavy atom. The van der Waals surface area contributed by atoms with Crippen molar-refractivity contribution in [2.75, 3.05) is 26.8 Å². The van der Waals surface area contributed by atoms with Gasteiger partial charge in [-0.15, -0.1) is 0 Å². The number of hydrogen-bond donors (Lipinski definition) is 1. The number of ether oxygens (including phenoxy) is 2. The van der Waals surface area contributed by atoms with Crippen molar-refractivity contribution in [3.8, 4) is 11.8 Å². The highest BCUT2D eigenvalue weighted by Crippen LogP contribution is 2.40. The Balaban J connectivity index is 1.48. The molecule has 3 heterocycles. The second kappa shape index (κ2) is 6.51. The van der Waals surface area contributed by atoms with E-state index in [1.807, 2.05) is 18.3 Å². The number of benzene rings is 1. The number of aromatic amines is 1. The molecule has 0 radical (unpaired) electrons. The SMILES string of the molecule is COc1ccc(C#N)cc1CN1CCC2(CC1)OCCc1cn[nH]c12. The molecule has 0 saturated carbocycles. The number of hydrogen-bond acceptors (Lipinski definition) is 5. The normalized spacial score (nSPS) is 19.4. The van der Waals surface area contributed by atoms with Gasteiger partial charge in [0.1, 0.15) is 11.4 Å². The maximum atomic E-state index is 9.14. The monoisotopic (exact) mass is 338 g/mol. The Morgan fingerprint density at radius 2 is 2.24 bits per heavy atom. The predicted octanol–water partition coefficient (Wildman–Crippen LogP) is 2.35. The third-order valence-electron chi connectivity index (χ3n) is 5.39. The molecule has 1 N–H and O–H groups in total. The Labute approximate surface area is 147 Å². The number of nitrogens with one attached hydrogen (secondary N) is 1. The van der Waals surface area contributed by atoms with E-state index in [1.165, 1.54) is 11.3 Å². The first kappa shape index (κ1) is 16.1. The summed E-state index contributed by atoms with van der Waals surface area (Å²) in [6.07, 6.45) is 4.77. The molecule has 0 aliphatic carbocycles. The molecule has 2 aliphatic heterocycles. The number of methoxy groups -OCH3 is 1. The molecule has 1 fully saturated rings. The maximum Gasteiger partial charge on any atom is 0.123 e. The molecule has 0 bridgehead atoms. The number of rotatable bonds is 3. The van der Waals surface area contributed by atoms with E-state index in [4.69, 9.17) is 14.7 Å². The van der Waals surface area contributed by atoms with Crippen LogP contribution in [0.4, 0.5) is 0 Å². The summed E-state index contributed by atoms with van der Waals surface area (Å²) in [6, 6.07) is 7.80. The first-order chi connectivity index (χ1) is 12.2. The highest BCUT2D eigenvalue weighted by molar-refractivity contribution is 5.42. The van der Waals surface area contributed by atoms with Gasteiger partial charge in [0.2, 0.25) is 0 Å². The van der Waals surface area contributed by atoms with Gasteiger partial charge in [-0.2, -0.15) is 10.4 Å². The van der Waals surface area contributed by atoms with E-state index >= 15 is 0 Å². The first-order valence-corrected chi connectivity index (χ1v) is 8.70. The lowest BCUT2D eigenvalue weighted by molar-refractivity contribution is -0.102. The number of H-pyrrole nitrogens is 1. The van der Waals surface area contributed by atoms with Gasteiger partial charge in [0, 0.05) is 25.2 Å². The molecule has 4 rings (SSSR count). The van der Waals surface area contributed by atoms with Gasteiger partial charge in [-0.1, -0.05) is 0 Å². The summed E-state index contributed by atoms with van der Waals surface area (Å²) in [7, 11) is 1.67. The second-order valence-corrected chi connectivity index (χ2v) is 6.78. The van der Waals surface area contributed by atoms with Crippen LogP contribution in [0, 0.1) is 11.3 Å². The molecule has 6 heteroatoms. The van der Waals surface area contributed by atoms with Crippen molar-refractivity contribution < 1.29 is 9.47 Å². The first-order valence-electron chi connectivity index (χ1n) is 8.70. The summed E-state index contributed by atoms with van der Waals surface area (Å²) in [5, 5.41) is 16.5. The molecule has 25 heavy (non-hydrogen) atoms. The molecule has 0 unspecified atom stereocenters. The van der Waals surface area contributed by atoms with Crippen LogP contribution in [-0.2, 0) is 23.3 Å². The summed E-state index contributed by atoms with van der Waals surface area (Å²) in [6.45, 7) is 3.44. The fourth-order valence-corrected chi connectivity index (χ4v) is 4.00. The molecule has 1 aromatic heterocycles. The van der Waals surface area contributed by atoms with Gasteiger partial charge in [0.15, 0.2) is 0 Å². The minimum Gasteiger partial charge on any atom is -0.496 e. The van der Waals surface area contributed by atoms with Crippen molar-refractivity contribution in [1.29, 1.82) is 5.26 Å². The highest BCUT2D eigenvalue weighted by Gasteiger charge is 2.42. The lowest BCUT2D eigenvalue weighted by Gasteiger charge is -2.43. The Hall–Kier alpha value is -2.36.